The molecule has 0 saturated heterocycles. The lowest BCUT2D eigenvalue weighted by Crippen LogP contribution is -2.28. The van der Waals surface area contributed by atoms with Gasteiger partial charge in [-0.05, 0) is 30.9 Å². The Bertz CT molecular complexity index is 1060. The van der Waals surface area contributed by atoms with Crippen LogP contribution in [-0.4, -0.2) is 17.5 Å². The number of aryl methyl sites for hydroxylation is 1. The Morgan fingerprint density at radius 3 is 2.17 bits per heavy atom. The summed E-state index contributed by atoms with van der Waals surface area (Å²) in [5, 5.41) is 4.43. The Balaban J connectivity index is 1.65. The van der Waals surface area contributed by atoms with E-state index in [1.165, 1.54) is 0 Å². The van der Waals surface area contributed by atoms with Gasteiger partial charge in [0.25, 0.3) is 11.8 Å². The molecule has 0 atom stereocenters. The Kier molecular flexibility index (Phi) is 5.48. The van der Waals surface area contributed by atoms with Crippen molar-refractivity contribution in [3.05, 3.63) is 94.4 Å². The minimum absolute atomic E-state index is 0.160. The number of fused-ring (bicyclic) bond motifs is 1. The second-order valence-electron chi connectivity index (χ2n) is 7.36. The van der Waals surface area contributed by atoms with E-state index >= 15 is 0 Å². The van der Waals surface area contributed by atoms with Gasteiger partial charge < -0.3 is 10.2 Å². The van der Waals surface area contributed by atoms with E-state index in [1.807, 2.05) is 60.7 Å². The van der Waals surface area contributed by atoms with Crippen molar-refractivity contribution < 1.29 is 14.0 Å². The number of nitrogens with zero attached hydrogens (tertiary/aromatic N) is 1. The van der Waals surface area contributed by atoms with Crippen LogP contribution < -0.4 is 11.2 Å². The number of nitrogens with one attached hydrogen (secondary N) is 1. The van der Waals surface area contributed by atoms with Crippen molar-refractivity contribution in [2.45, 2.75) is 32.1 Å². The van der Waals surface area contributed by atoms with Crippen LogP contribution >= 0.6 is 0 Å². The van der Waals surface area contributed by atoms with Crippen LogP contribution in [0.1, 0.15) is 57.3 Å². The van der Waals surface area contributed by atoms with Crippen LogP contribution in [0.2, 0.25) is 0 Å². The van der Waals surface area contributed by atoms with Gasteiger partial charge in [-0.25, -0.2) is 5.43 Å². The van der Waals surface area contributed by atoms with Crippen LogP contribution in [0, 0.1) is 6.92 Å². The fourth-order valence-corrected chi connectivity index (χ4v) is 3.99. The number of furan rings is 1. The van der Waals surface area contributed by atoms with Gasteiger partial charge in [-0.2, -0.15) is 5.10 Å². The van der Waals surface area contributed by atoms with Crippen LogP contribution in [0.4, 0.5) is 0 Å². The maximum atomic E-state index is 13.2. The Hall–Kier alpha value is -3.67. The zero-order chi connectivity index (χ0) is 21.1. The summed E-state index contributed by atoms with van der Waals surface area (Å²) in [4.78, 5) is 24.8. The second-order valence-corrected chi connectivity index (χ2v) is 7.36. The van der Waals surface area contributed by atoms with Crippen LogP contribution in [0.5, 0.6) is 0 Å². The third-order valence-electron chi connectivity index (χ3n) is 5.38. The van der Waals surface area contributed by atoms with Gasteiger partial charge in [-0.1, -0.05) is 60.7 Å². The third kappa shape index (κ3) is 3.76. The Morgan fingerprint density at radius 1 is 1.00 bits per heavy atom. The van der Waals surface area contributed by atoms with Gasteiger partial charge in [-0.3, -0.25) is 9.59 Å². The summed E-state index contributed by atoms with van der Waals surface area (Å²) < 4.78 is 5.65. The quantitative estimate of drug-likeness (QED) is 0.638. The third-order valence-corrected chi connectivity index (χ3v) is 5.38. The number of hydrogen-bond acceptors (Lipinski definition) is 4. The molecule has 3 N–H and O–H groups in total. The highest BCUT2D eigenvalue weighted by Gasteiger charge is 2.28. The molecule has 6 nitrogen and oxygen atoms in total. The normalized spacial score (nSPS) is 14.5. The summed E-state index contributed by atoms with van der Waals surface area (Å²) >= 11 is 0. The van der Waals surface area contributed by atoms with E-state index in [9.17, 15) is 9.59 Å². The fourth-order valence-electron chi connectivity index (χ4n) is 3.99. The van der Waals surface area contributed by atoms with E-state index in [4.69, 9.17) is 10.2 Å². The van der Waals surface area contributed by atoms with E-state index in [0.29, 0.717) is 29.9 Å². The standard InChI is InChI=1S/C24H23N3O3/c1-15-20-18(13-8-14-19(20)30-22(15)23(25)28)26-27-24(29)21(16-9-4-2-5-10-16)17-11-6-3-7-12-17/h2-7,9-12,21H,8,13-14H2,1H3,(H2,25,28)(H,27,29)/b26-18+. The molecule has 1 heterocycles. The van der Waals surface area contributed by atoms with Gasteiger partial charge in [0, 0.05) is 17.5 Å². The molecule has 3 aromatic rings. The van der Waals surface area contributed by atoms with E-state index in [2.05, 4.69) is 10.5 Å². The highest BCUT2D eigenvalue weighted by molar-refractivity contribution is 6.06. The number of hydrogen-bond donors (Lipinski definition) is 2. The van der Waals surface area contributed by atoms with Gasteiger partial charge in [-0.15, -0.1) is 0 Å². The average molecular weight is 401 g/mol. The van der Waals surface area contributed by atoms with Crippen LogP contribution in [-0.2, 0) is 11.2 Å². The Morgan fingerprint density at radius 2 is 1.60 bits per heavy atom. The number of hydrazone groups is 1. The maximum absolute atomic E-state index is 13.2. The smallest absolute Gasteiger partial charge is 0.284 e. The molecular weight excluding hydrogens is 378 g/mol. The van der Waals surface area contributed by atoms with Crippen molar-refractivity contribution >= 4 is 17.5 Å². The summed E-state index contributed by atoms with van der Waals surface area (Å²) in [7, 11) is 0. The molecule has 0 spiro atoms. The molecule has 1 aromatic heterocycles. The topological polar surface area (TPSA) is 97.7 Å². The summed E-state index contributed by atoms with van der Waals surface area (Å²) in [6.45, 7) is 1.79. The molecule has 0 bridgehead atoms. The summed E-state index contributed by atoms with van der Waals surface area (Å²) in [5.74, 6) is -0.441. The van der Waals surface area contributed by atoms with E-state index in [1.54, 1.807) is 6.92 Å². The maximum Gasteiger partial charge on any atom is 0.284 e. The van der Waals surface area contributed by atoms with Gasteiger partial charge in [0.05, 0.1) is 11.6 Å². The van der Waals surface area contributed by atoms with Crippen molar-refractivity contribution in [1.29, 1.82) is 0 Å². The van der Waals surface area contributed by atoms with E-state index in [0.717, 1.165) is 23.1 Å². The molecule has 1 aliphatic rings. The minimum Gasteiger partial charge on any atom is -0.455 e. The largest absolute Gasteiger partial charge is 0.455 e. The molecule has 0 unspecified atom stereocenters. The van der Waals surface area contributed by atoms with E-state index < -0.39 is 11.8 Å². The van der Waals surface area contributed by atoms with Crippen LogP contribution in [0.15, 0.2) is 70.2 Å². The molecule has 4 rings (SSSR count). The number of primary amides is 1. The number of carbonyl (C=O) groups excluding carboxylic acids is 2. The van der Waals surface area contributed by atoms with Crippen LogP contribution in [0.25, 0.3) is 0 Å². The number of benzene rings is 2. The second kappa shape index (κ2) is 8.37. The van der Waals surface area contributed by atoms with Gasteiger partial charge in [0.15, 0.2) is 5.76 Å². The SMILES string of the molecule is Cc1c(C(N)=O)oc2c1/C(=N/NC(=O)C(c1ccccc1)c1ccccc1)CCC2. The zero-order valence-corrected chi connectivity index (χ0v) is 16.7. The first-order chi connectivity index (χ1) is 14.6. The monoisotopic (exact) mass is 401 g/mol. The number of carbonyl (C=O) groups is 2. The molecule has 0 fully saturated rings. The lowest BCUT2D eigenvalue weighted by atomic mass is 9.90. The molecule has 2 aromatic carbocycles. The molecular formula is C24H23N3O3. The highest BCUT2D eigenvalue weighted by Crippen LogP contribution is 2.30. The average Bonchev–Trinajstić information content (AvgIpc) is 3.11. The molecule has 2 amide bonds. The first-order valence-electron chi connectivity index (χ1n) is 9.95. The molecule has 0 radical (unpaired) electrons. The zero-order valence-electron chi connectivity index (χ0n) is 16.7. The predicted molar refractivity (Wildman–Crippen MR) is 114 cm³/mol. The predicted octanol–water partition coefficient (Wildman–Crippen LogP) is 3.68. The van der Waals surface area contributed by atoms with Gasteiger partial charge in [0.2, 0.25) is 0 Å². The van der Waals surface area contributed by atoms with Crippen molar-refractivity contribution in [2.24, 2.45) is 10.8 Å². The minimum atomic E-state index is -0.599. The summed E-state index contributed by atoms with van der Waals surface area (Å²) in [6, 6.07) is 19.2. The fraction of sp³-hybridized carbons (Fsp3) is 0.208. The highest BCUT2D eigenvalue weighted by atomic mass is 16.4. The number of amides is 2. The Labute approximate surface area is 174 Å². The lowest BCUT2D eigenvalue weighted by molar-refractivity contribution is -0.121. The van der Waals surface area contributed by atoms with Gasteiger partial charge in [0.1, 0.15) is 5.76 Å². The van der Waals surface area contributed by atoms with Crippen molar-refractivity contribution in [3.8, 4) is 0 Å². The number of nitrogens with two attached hydrogens (primary N) is 1. The molecule has 6 heteroatoms. The van der Waals surface area contributed by atoms with E-state index in [-0.39, 0.29) is 11.7 Å². The molecule has 0 aliphatic heterocycles. The summed E-state index contributed by atoms with van der Waals surface area (Å²) in [5.41, 5.74) is 12.1. The first kappa shape index (κ1) is 19.6. The lowest BCUT2D eigenvalue weighted by Gasteiger charge is -2.18. The molecule has 152 valence electrons. The van der Waals surface area contributed by atoms with Crippen molar-refractivity contribution in [3.63, 3.8) is 0 Å². The molecule has 1 aliphatic carbocycles. The van der Waals surface area contributed by atoms with Crippen LogP contribution in [0.3, 0.4) is 0 Å². The molecule has 30 heavy (non-hydrogen) atoms. The first-order valence-corrected chi connectivity index (χ1v) is 9.95. The number of rotatable bonds is 5. The van der Waals surface area contributed by atoms with Crippen molar-refractivity contribution in [2.75, 3.05) is 0 Å². The summed E-state index contributed by atoms with van der Waals surface area (Å²) in [6.07, 6.45) is 2.23. The molecule has 0 saturated carbocycles. The van der Waals surface area contributed by atoms with Gasteiger partial charge >= 0.3 is 0 Å². The van der Waals surface area contributed by atoms with Crippen molar-refractivity contribution in [1.82, 2.24) is 5.43 Å².